The highest BCUT2D eigenvalue weighted by atomic mass is 15.0. The second-order valence-corrected chi connectivity index (χ2v) is 26.0. The van der Waals surface area contributed by atoms with Crippen molar-refractivity contribution in [1.29, 1.82) is 0 Å². The van der Waals surface area contributed by atoms with Crippen LogP contribution in [0.5, 0.6) is 0 Å². The molecule has 0 bridgehead atoms. The molecule has 0 amide bonds. The Labute approximate surface area is 598 Å². The molecule has 0 aliphatic rings. The first kappa shape index (κ1) is 60.9. The van der Waals surface area contributed by atoms with E-state index >= 15 is 0 Å². The Morgan fingerprint density at radius 3 is 0.798 bits per heavy atom. The maximum Gasteiger partial charge on any atom is 0.165 e. The Balaban J connectivity index is 0.000000143. The van der Waals surface area contributed by atoms with Crippen LogP contribution in [0.4, 0.5) is 0 Å². The van der Waals surface area contributed by atoms with Crippen molar-refractivity contribution in [2.24, 2.45) is 0 Å². The molecule has 0 aliphatic heterocycles. The average Bonchev–Trinajstić information content (AvgIpc) is 0.763. The molecule has 20 aromatic rings. The number of aromatic nitrogens is 10. The van der Waals surface area contributed by atoms with Gasteiger partial charge in [-0.25, -0.2) is 29.9 Å². The first-order valence-electron chi connectivity index (χ1n) is 34.6. The van der Waals surface area contributed by atoms with Crippen LogP contribution in [-0.4, -0.2) is 49.8 Å². The topological polar surface area (TPSA) is 129 Å². The lowest BCUT2D eigenvalue weighted by atomic mass is 9.96. The van der Waals surface area contributed by atoms with Crippen LogP contribution in [0.15, 0.2) is 352 Å². The Bertz CT molecular complexity index is 6360. The van der Waals surface area contributed by atoms with Crippen molar-refractivity contribution < 1.29 is 0 Å². The summed E-state index contributed by atoms with van der Waals surface area (Å²) in [6.45, 7) is 0. The van der Waals surface area contributed by atoms with E-state index in [1.54, 1.807) is 0 Å². The molecule has 0 unspecified atom stereocenters. The smallest absolute Gasteiger partial charge is 0.165 e. The van der Waals surface area contributed by atoms with Gasteiger partial charge < -0.3 is 0 Å². The maximum atomic E-state index is 5.20. The van der Waals surface area contributed by atoms with Crippen LogP contribution in [0.25, 0.3) is 200 Å². The number of benzene rings is 14. The molecule has 6 heterocycles. The third kappa shape index (κ3) is 11.8. The zero-order valence-corrected chi connectivity index (χ0v) is 56.0. The van der Waals surface area contributed by atoms with E-state index in [-0.39, 0.29) is 0 Å². The van der Waals surface area contributed by atoms with Gasteiger partial charge in [0.15, 0.2) is 34.9 Å². The predicted molar refractivity (Wildman–Crippen MR) is 425 cm³/mol. The van der Waals surface area contributed by atoms with Gasteiger partial charge >= 0.3 is 0 Å². The molecule has 0 N–H and O–H groups in total. The lowest BCUT2D eigenvalue weighted by Gasteiger charge is -2.13. The van der Waals surface area contributed by atoms with E-state index < -0.39 is 0 Å². The molecule has 0 aliphatic carbocycles. The molecule has 484 valence electrons. The van der Waals surface area contributed by atoms with Crippen molar-refractivity contribution in [3.05, 3.63) is 352 Å². The van der Waals surface area contributed by atoms with Gasteiger partial charge in [0, 0.05) is 79.7 Å². The highest BCUT2D eigenvalue weighted by Gasteiger charge is 2.20. The summed E-state index contributed by atoms with van der Waals surface area (Å²) >= 11 is 0. The number of pyridine rings is 4. The maximum absolute atomic E-state index is 5.20. The zero-order chi connectivity index (χ0) is 68.9. The Morgan fingerprint density at radius 2 is 0.423 bits per heavy atom. The summed E-state index contributed by atoms with van der Waals surface area (Å²) in [7, 11) is 0. The number of hydrogen-bond donors (Lipinski definition) is 0. The van der Waals surface area contributed by atoms with E-state index in [2.05, 4.69) is 323 Å². The second-order valence-electron chi connectivity index (χ2n) is 26.0. The number of hydrogen-bond acceptors (Lipinski definition) is 10. The number of fused-ring (bicyclic) bond motifs is 8. The van der Waals surface area contributed by atoms with E-state index in [4.69, 9.17) is 29.9 Å². The van der Waals surface area contributed by atoms with Gasteiger partial charge in [0.25, 0.3) is 0 Å². The summed E-state index contributed by atoms with van der Waals surface area (Å²) in [5.74, 6) is 3.77. The fraction of sp³-hybridized carbons (Fsp3) is 0. The molecule has 10 heteroatoms. The monoisotopic (exact) mass is 1330 g/mol. The summed E-state index contributed by atoms with van der Waals surface area (Å²) in [5, 5.41) is 13.6. The first-order valence-corrected chi connectivity index (χ1v) is 34.6. The third-order valence-electron chi connectivity index (χ3n) is 19.6. The molecule has 0 saturated carbocycles. The Morgan fingerprint density at radius 1 is 0.154 bits per heavy atom. The second kappa shape index (κ2) is 26.1. The molecule has 10 nitrogen and oxygen atoms in total. The third-order valence-corrected chi connectivity index (χ3v) is 19.6. The van der Waals surface area contributed by atoms with Crippen LogP contribution in [0.2, 0.25) is 0 Å². The lowest BCUT2D eigenvalue weighted by molar-refractivity contribution is 1.08. The van der Waals surface area contributed by atoms with Gasteiger partial charge in [-0.1, -0.05) is 237 Å². The molecular formula is C94H58N10. The molecule has 20 rings (SSSR count). The fourth-order valence-electron chi connectivity index (χ4n) is 14.2. The molecule has 0 fully saturated rings. The van der Waals surface area contributed by atoms with Gasteiger partial charge in [-0.15, -0.1) is 0 Å². The molecule has 104 heavy (non-hydrogen) atoms. The highest BCUT2D eigenvalue weighted by molar-refractivity contribution is 6.12. The van der Waals surface area contributed by atoms with Crippen LogP contribution >= 0.6 is 0 Å². The molecule has 0 radical (unpaired) electrons. The predicted octanol–water partition coefficient (Wildman–Crippen LogP) is 23.2. The highest BCUT2D eigenvalue weighted by Crippen LogP contribution is 2.39. The molecule has 0 saturated heterocycles. The summed E-state index contributed by atoms with van der Waals surface area (Å²) in [5.41, 5.74) is 18.6. The van der Waals surface area contributed by atoms with E-state index in [0.717, 1.165) is 154 Å². The summed E-state index contributed by atoms with van der Waals surface area (Å²) in [6.07, 6.45) is 7.30. The van der Waals surface area contributed by atoms with E-state index in [1.807, 2.05) is 49.1 Å². The van der Waals surface area contributed by atoms with Crippen molar-refractivity contribution in [3.63, 3.8) is 0 Å². The van der Waals surface area contributed by atoms with Crippen LogP contribution in [0.3, 0.4) is 0 Å². The lowest BCUT2D eigenvalue weighted by Crippen LogP contribution is -2.01. The van der Waals surface area contributed by atoms with Crippen LogP contribution in [0.1, 0.15) is 0 Å². The molecular weight excluding hydrogens is 1270 g/mol. The summed E-state index contributed by atoms with van der Waals surface area (Å²) in [6, 6.07) is 114. The van der Waals surface area contributed by atoms with Crippen molar-refractivity contribution in [1.82, 2.24) is 49.8 Å². The minimum Gasteiger partial charge on any atom is -0.256 e. The van der Waals surface area contributed by atoms with Gasteiger partial charge in [-0.05, 0) is 179 Å². The van der Waals surface area contributed by atoms with Crippen molar-refractivity contribution in [2.45, 2.75) is 0 Å². The standard InChI is InChI=1S/2C47H29N5/c1-3-11-40-36(7-1)29-37-8-2-4-12-41(37)44(40)47-51-45(32-17-13-30(14-18-32)34-21-23-42-38(27-34)9-5-25-48-42)50-46(52-47)33-19-15-31(16-20-33)35-22-24-43-39(28-35)10-6-26-49-43;1-2-7-35-29-42-38(26-34(35)6-1)8-3-11-41(42)47-51-45(32-16-12-30(13-17-32)36-20-22-43-39(27-36)9-4-24-48-43)50-46(52-47)33-18-14-31(15-19-33)37-21-23-44-40(28-37)10-5-25-49-44/h2*1-29H. The molecule has 0 atom stereocenters. The Kier molecular flexibility index (Phi) is 15.3. The van der Waals surface area contributed by atoms with Crippen molar-refractivity contribution >= 4 is 86.7 Å². The van der Waals surface area contributed by atoms with Crippen LogP contribution in [-0.2, 0) is 0 Å². The summed E-state index contributed by atoms with van der Waals surface area (Å²) in [4.78, 5) is 48.8. The van der Waals surface area contributed by atoms with Crippen molar-refractivity contribution in [2.75, 3.05) is 0 Å². The fourth-order valence-corrected chi connectivity index (χ4v) is 14.2. The molecule has 0 spiro atoms. The Hall–Kier alpha value is -14.2. The SMILES string of the molecule is c1ccc2cc3c(-c4nc(-c5ccc(-c6ccc7ncccc7c6)cc5)nc(-c5ccc(-c6ccc7ncccc7c6)cc5)n4)cccc3cc2c1.c1cnc2ccc(-c3ccc(-c4nc(-c5ccc(-c6ccc7ncccc7c6)cc5)nc(-c5c6ccccc6cc6ccccc56)n4)cc3)cc2c1. The van der Waals surface area contributed by atoms with Crippen molar-refractivity contribution in [3.8, 4) is 113 Å². The largest absolute Gasteiger partial charge is 0.256 e. The zero-order valence-electron chi connectivity index (χ0n) is 56.0. The van der Waals surface area contributed by atoms with Gasteiger partial charge in [0.2, 0.25) is 0 Å². The number of rotatable bonds is 10. The summed E-state index contributed by atoms with van der Waals surface area (Å²) < 4.78 is 0. The molecule has 6 aromatic heterocycles. The van der Waals surface area contributed by atoms with E-state index in [1.165, 1.54) is 10.8 Å². The van der Waals surface area contributed by atoms with Gasteiger partial charge in [-0.2, -0.15) is 0 Å². The molecule has 14 aromatic carbocycles. The minimum absolute atomic E-state index is 0.623. The number of nitrogens with zero attached hydrogens (tertiary/aromatic N) is 10. The van der Waals surface area contributed by atoms with Gasteiger partial charge in [0.1, 0.15) is 0 Å². The minimum atomic E-state index is 0.623. The van der Waals surface area contributed by atoms with Crippen LogP contribution < -0.4 is 0 Å². The first-order chi connectivity index (χ1) is 51.4. The average molecular weight is 1330 g/mol. The van der Waals surface area contributed by atoms with E-state index in [0.29, 0.717) is 34.9 Å². The van der Waals surface area contributed by atoms with Crippen LogP contribution in [0, 0.1) is 0 Å². The van der Waals surface area contributed by atoms with Gasteiger partial charge in [-0.3, -0.25) is 19.9 Å². The quantitative estimate of drug-likeness (QED) is 0.122. The van der Waals surface area contributed by atoms with Gasteiger partial charge in [0.05, 0.1) is 22.1 Å². The van der Waals surface area contributed by atoms with E-state index in [9.17, 15) is 0 Å². The normalized spacial score (nSPS) is 11.5.